The Hall–Kier alpha value is -3.11. The van der Waals surface area contributed by atoms with Gasteiger partial charge < -0.3 is 20.2 Å². The molecule has 1 aliphatic heterocycles. The molecule has 0 unspecified atom stereocenters. The van der Waals surface area contributed by atoms with Gasteiger partial charge in [-0.25, -0.2) is 9.97 Å². The minimum Gasteiger partial charge on any atom is -0.507 e. The maximum absolute atomic E-state index is 13.0. The molecule has 0 spiro atoms. The lowest BCUT2D eigenvalue weighted by Gasteiger charge is -2.34. The van der Waals surface area contributed by atoms with E-state index in [1.165, 1.54) is 30.0 Å². The van der Waals surface area contributed by atoms with E-state index in [0.29, 0.717) is 26.2 Å². The van der Waals surface area contributed by atoms with Crippen molar-refractivity contribution in [2.45, 2.75) is 29.4 Å². The molecule has 0 atom stereocenters. The number of phenols is 1. The highest BCUT2D eigenvalue weighted by Crippen LogP contribution is 2.36. The Morgan fingerprint density at radius 3 is 2.64 bits per heavy atom. The third-order valence-electron chi connectivity index (χ3n) is 5.32. The number of amides is 2. The molecule has 33 heavy (non-hydrogen) atoms. The van der Waals surface area contributed by atoms with Crippen LogP contribution in [0.1, 0.15) is 29.9 Å². The van der Waals surface area contributed by atoms with E-state index in [0.717, 1.165) is 32.2 Å². The van der Waals surface area contributed by atoms with Crippen LogP contribution >= 0.6 is 23.1 Å². The van der Waals surface area contributed by atoms with Crippen LogP contribution in [0.3, 0.4) is 0 Å². The number of aromatic hydroxyl groups is 1. The van der Waals surface area contributed by atoms with Crippen molar-refractivity contribution in [2.24, 2.45) is 0 Å². The van der Waals surface area contributed by atoms with Crippen LogP contribution in [0.25, 0.3) is 0 Å². The summed E-state index contributed by atoms with van der Waals surface area (Å²) >= 11 is 2.97. The maximum Gasteiger partial charge on any atom is 0.257 e. The lowest BCUT2D eigenvalue weighted by molar-refractivity contribution is -0.130. The zero-order valence-electron chi connectivity index (χ0n) is 18.4. The molecule has 1 aromatic carbocycles. The molecule has 8 nitrogen and oxygen atoms in total. The standard InChI is InChI=1S/C23H25N5O3S2/c1-3-16-5-4-6-20(25-16)26-23-24-14-21(33-23)32-17-7-8-19(30)18(13-17)22(31)28-11-9-27(10-12-28)15(2)29/h4-8,13-14,30H,3,9-12H2,1-2H3,(H,24,25,26). The predicted octanol–water partition coefficient (Wildman–Crippen LogP) is 4.01. The minimum absolute atomic E-state index is 0.00982. The number of piperazine rings is 1. The van der Waals surface area contributed by atoms with Crippen LogP contribution in [0.15, 0.2) is 51.7 Å². The number of rotatable bonds is 6. The molecular formula is C23H25N5O3S2. The number of aromatic nitrogens is 2. The quantitative estimate of drug-likeness (QED) is 0.547. The van der Waals surface area contributed by atoms with Gasteiger partial charge in [-0.05, 0) is 36.8 Å². The molecule has 0 radical (unpaired) electrons. The zero-order valence-corrected chi connectivity index (χ0v) is 20.1. The molecule has 0 saturated carbocycles. The zero-order chi connectivity index (χ0) is 23.4. The fourth-order valence-corrected chi connectivity index (χ4v) is 5.38. The van der Waals surface area contributed by atoms with Gasteiger partial charge in [0.25, 0.3) is 5.91 Å². The van der Waals surface area contributed by atoms with Crippen molar-refractivity contribution in [3.63, 3.8) is 0 Å². The summed E-state index contributed by atoms with van der Waals surface area (Å²) in [5, 5.41) is 14.3. The molecule has 3 aromatic rings. The van der Waals surface area contributed by atoms with Crippen molar-refractivity contribution in [3.8, 4) is 5.75 Å². The molecule has 4 rings (SSSR count). The maximum atomic E-state index is 13.0. The van der Waals surface area contributed by atoms with Crippen molar-refractivity contribution in [1.82, 2.24) is 19.8 Å². The van der Waals surface area contributed by atoms with Gasteiger partial charge in [0.2, 0.25) is 5.91 Å². The number of benzene rings is 1. The molecule has 0 aliphatic carbocycles. The highest BCUT2D eigenvalue weighted by atomic mass is 32.2. The number of nitrogens with one attached hydrogen (secondary N) is 1. The number of pyridine rings is 1. The number of carbonyl (C=O) groups excluding carboxylic acids is 2. The van der Waals surface area contributed by atoms with Gasteiger partial charge in [0.05, 0.1) is 16.0 Å². The molecule has 172 valence electrons. The second-order valence-electron chi connectivity index (χ2n) is 7.56. The normalized spacial score (nSPS) is 13.8. The van der Waals surface area contributed by atoms with Gasteiger partial charge in [0.1, 0.15) is 11.6 Å². The topological polar surface area (TPSA) is 98.7 Å². The monoisotopic (exact) mass is 483 g/mol. The number of hydrogen-bond donors (Lipinski definition) is 2. The molecule has 3 heterocycles. The fourth-order valence-electron chi connectivity index (χ4n) is 3.48. The van der Waals surface area contributed by atoms with E-state index >= 15 is 0 Å². The number of nitrogens with zero attached hydrogens (tertiary/aromatic N) is 4. The molecule has 1 saturated heterocycles. The van der Waals surface area contributed by atoms with Crippen LogP contribution in [-0.4, -0.2) is 62.9 Å². The number of thiazole rings is 1. The molecule has 2 aromatic heterocycles. The number of carbonyl (C=O) groups is 2. The van der Waals surface area contributed by atoms with E-state index < -0.39 is 0 Å². The van der Waals surface area contributed by atoms with Gasteiger partial charge >= 0.3 is 0 Å². The van der Waals surface area contributed by atoms with E-state index in [2.05, 4.69) is 22.2 Å². The molecule has 2 amide bonds. The lowest BCUT2D eigenvalue weighted by atomic mass is 10.1. The molecule has 1 fully saturated rings. The largest absolute Gasteiger partial charge is 0.507 e. The van der Waals surface area contributed by atoms with E-state index in [1.54, 1.807) is 34.2 Å². The van der Waals surface area contributed by atoms with Crippen molar-refractivity contribution in [3.05, 3.63) is 53.9 Å². The summed E-state index contributed by atoms with van der Waals surface area (Å²) in [6.07, 6.45) is 2.64. The van der Waals surface area contributed by atoms with Crippen LogP contribution < -0.4 is 5.32 Å². The Morgan fingerprint density at radius 2 is 1.91 bits per heavy atom. The highest BCUT2D eigenvalue weighted by molar-refractivity contribution is 8.01. The Labute approximate surface area is 200 Å². The average Bonchev–Trinajstić information content (AvgIpc) is 3.26. The van der Waals surface area contributed by atoms with Crippen molar-refractivity contribution in [1.29, 1.82) is 0 Å². The molecule has 2 N–H and O–H groups in total. The molecule has 0 bridgehead atoms. The third-order valence-corrected chi connectivity index (χ3v) is 7.32. The Bertz CT molecular complexity index is 1160. The lowest BCUT2D eigenvalue weighted by Crippen LogP contribution is -2.50. The van der Waals surface area contributed by atoms with Crippen LogP contribution in [-0.2, 0) is 11.2 Å². The summed E-state index contributed by atoms with van der Waals surface area (Å²) < 4.78 is 0.948. The number of aryl methyl sites for hydroxylation is 1. The average molecular weight is 484 g/mol. The first-order valence-corrected chi connectivity index (χ1v) is 12.3. The second kappa shape index (κ2) is 10.2. The number of hydrogen-bond acceptors (Lipinski definition) is 8. The van der Waals surface area contributed by atoms with Crippen LogP contribution in [0.4, 0.5) is 10.9 Å². The summed E-state index contributed by atoms with van der Waals surface area (Å²) in [5.74, 6) is 0.483. The van der Waals surface area contributed by atoms with Gasteiger partial charge in [-0.15, -0.1) is 0 Å². The molecular weight excluding hydrogens is 458 g/mol. The SMILES string of the molecule is CCc1cccc(Nc2ncc(Sc3ccc(O)c(C(=O)N4CCN(C(C)=O)CC4)c3)s2)n1. The fraction of sp³-hybridized carbons (Fsp3) is 0.304. The van der Waals surface area contributed by atoms with E-state index in [4.69, 9.17) is 0 Å². The summed E-state index contributed by atoms with van der Waals surface area (Å²) in [7, 11) is 0. The van der Waals surface area contributed by atoms with Gasteiger partial charge in [-0.1, -0.05) is 36.1 Å². The summed E-state index contributed by atoms with van der Waals surface area (Å²) in [6, 6.07) is 10.9. The van der Waals surface area contributed by atoms with Gasteiger partial charge in [-0.3, -0.25) is 9.59 Å². The van der Waals surface area contributed by atoms with Crippen LogP contribution in [0, 0.1) is 0 Å². The van der Waals surface area contributed by atoms with Crippen LogP contribution in [0.2, 0.25) is 0 Å². The Balaban J connectivity index is 1.43. The number of phenolic OH excluding ortho intramolecular Hbond substituents is 1. The first-order valence-electron chi connectivity index (χ1n) is 10.7. The summed E-state index contributed by atoms with van der Waals surface area (Å²) in [6.45, 7) is 5.50. The molecule has 1 aliphatic rings. The van der Waals surface area contributed by atoms with E-state index in [-0.39, 0.29) is 23.1 Å². The van der Waals surface area contributed by atoms with E-state index in [9.17, 15) is 14.7 Å². The van der Waals surface area contributed by atoms with Gasteiger partial charge in [0, 0.05) is 43.7 Å². The predicted molar refractivity (Wildman–Crippen MR) is 129 cm³/mol. The number of anilines is 2. The van der Waals surface area contributed by atoms with Crippen LogP contribution in [0.5, 0.6) is 5.75 Å². The first kappa shape index (κ1) is 23.1. The third kappa shape index (κ3) is 5.63. The minimum atomic E-state index is -0.230. The van der Waals surface area contributed by atoms with Crippen molar-refractivity contribution >= 4 is 45.9 Å². The van der Waals surface area contributed by atoms with Crippen molar-refractivity contribution < 1.29 is 14.7 Å². The smallest absolute Gasteiger partial charge is 0.257 e. The summed E-state index contributed by atoms with van der Waals surface area (Å²) in [4.78, 5) is 37.7. The van der Waals surface area contributed by atoms with Crippen molar-refractivity contribution in [2.75, 3.05) is 31.5 Å². The molecule has 10 heteroatoms. The Kier molecular flexibility index (Phi) is 7.14. The first-order chi connectivity index (χ1) is 15.9. The second-order valence-corrected chi connectivity index (χ2v) is 9.96. The highest BCUT2D eigenvalue weighted by Gasteiger charge is 2.25. The Morgan fingerprint density at radius 1 is 1.15 bits per heavy atom. The van der Waals surface area contributed by atoms with E-state index in [1.807, 2.05) is 18.2 Å². The summed E-state index contributed by atoms with van der Waals surface area (Å²) in [5.41, 5.74) is 1.27. The van der Waals surface area contributed by atoms with Gasteiger partial charge in [-0.2, -0.15) is 0 Å². The van der Waals surface area contributed by atoms with Gasteiger partial charge in [0.15, 0.2) is 5.13 Å².